The molecule has 0 aliphatic heterocycles. The Morgan fingerprint density at radius 3 is 2.71 bits per heavy atom. The van der Waals surface area contributed by atoms with Crippen LogP contribution in [0, 0.1) is 0 Å². The summed E-state index contributed by atoms with van der Waals surface area (Å²) in [6.07, 6.45) is 3.75. The Kier molecular flexibility index (Phi) is 5.61. The first-order valence-electron chi connectivity index (χ1n) is 6.04. The number of nitrogens with one attached hydrogen (secondary N) is 1. The lowest BCUT2D eigenvalue weighted by molar-refractivity contribution is 0.187. The lowest BCUT2D eigenvalue weighted by atomic mass is 10.2. The quantitative estimate of drug-likeness (QED) is 0.715. The van der Waals surface area contributed by atoms with Gasteiger partial charge in [0, 0.05) is 38.1 Å². The summed E-state index contributed by atoms with van der Waals surface area (Å²) in [5, 5.41) is 12.6. The molecule has 0 fully saturated rings. The predicted molar refractivity (Wildman–Crippen MR) is 68.7 cm³/mol. The van der Waals surface area contributed by atoms with Gasteiger partial charge in [-0.15, -0.1) is 0 Å². The first-order valence-corrected chi connectivity index (χ1v) is 6.04. The molecule has 2 N–H and O–H groups in total. The number of likely N-dealkylation sites (N-methyl/N-ethyl adjacent to an activating group) is 1. The third kappa shape index (κ3) is 4.85. The fraction of sp³-hybridized carbons (Fsp3) is 0.750. The number of imidazole rings is 1. The number of aliphatic hydroxyl groups excluding tert-OH is 1. The summed E-state index contributed by atoms with van der Waals surface area (Å²) >= 11 is 0. The van der Waals surface area contributed by atoms with E-state index in [9.17, 15) is 5.11 Å². The van der Waals surface area contributed by atoms with Crippen LogP contribution in [0.1, 0.15) is 19.7 Å². The van der Waals surface area contributed by atoms with Crippen molar-refractivity contribution in [2.75, 3.05) is 20.2 Å². The van der Waals surface area contributed by atoms with Crippen molar-refractivity contribution in [3.05, 3.63) is 18.2 Å². The van der Waals surface area contributed by atoms with Crippen molar-refractivity contribution in [2.45, 2.75) is 32.5 Å². The van der Waals surface area contributed by atoms with Crippen LogP contribution in [-0.2, 0) is 13.6 Å². The Bertz CT molecular complexity index is 324. The molecule has 17 heavy (non-hydrogen) atoms. The maximum absolute atomic E-state index is 9.29. The summed E-state index contributed by atoms with van der Waals surface area (Å²) in [6.45, 7) is 5.92. The van der Waals surface area contributed by atoms with Gasteiger partial charge in [0.2, 0.25) is 0 Å². The van der Waals surface area contributed by atoms with E-state index >= 15 is 0 Å². The number of hydrogen-bond donors (Lipinski definition) is 2. The number of nitrogens with zero attached hydrogens (tertiary/aromatic N) is 3. The number of aryl methyl sites for hydroxylation is 1. The first-order chi connectivity index (χ1) is 8.02. The van der Waals surface area contributed by atoms with E-state index in [2.05, 4.69) is 29.0 Å². The lowest BCUT2D eigenvalue weighted by Crippen LogP contribution is -2.45. The molecule has 0 saturated heterocycles. The first kappa shape index (κ1) is 14.2. The average Bonchev–Trinajstić information content (AvgIpc) is 2.62. The largest absolute Gasteiger partial charge is 0.395 e. The maximum atomic E-state index is 9.29. The van der Waals surface area contributed by atoms with Crippen molar-refractivity contribution in [3.8, 4) is 0 Å². The normalized spacial score (nSPS) is 13.6. The Balaban J connectivity index is 2.42. The molecule has 0 bridgehead atoms. The molecule has 0 radical (unpaired) electrons. The fourth-order valence-electron chi connectivity index (χ4n) is 1.87. The molecule has 1 aromatic heterocycles. The number of rotatable bonds is 7. The summed E-state index contributed by atoms with van der Waals surface area (Å²) in [4.78, 5) is 6.45. The topological polar surface area (TPSA) is 53.3 Å². The minimum Gasteiger partial charge on any atom is -0.395 e. The third-order valence-electron chi connectivity index (χ3n) is 2.65. The minimum absolute atomic E-state index is 0.111. The molecule has 0 saturated carbocycles. The van der Waals surface area contributed by atoms with Crippen LogP contribution < -0.4 is 5.32 Å². The van der Waals surface area contributed by atoms with E-state index in [1.807, 2.05) is 24.9 Å². The van der Waals surface area contributed by atoms with Crippen LogP contribution in [0.3, 0.4) is 0 Å². The summed E-state index contributed by atoms with van der Waals surface area (Å²) in [5.41, 5.74) is 0. The van der Waals surface area contributed by atoms with E-state index in [0.717, 1.165) is 18.9 Å². The lowest BCUT2D eigenvalue weighted by Gasteiger charge is -2.25. The zero-order chi connectivity index (χ0) is 12.8. The molecule has 1 heterocycles. The second kappa shape index (κ2) is 6.74. The van der Waals surface area contributed by atoms with E-state index in [0.29, 0.717) is 6.04 Å². The molecule has 0 aliphatic rings. The van der Waals surface area contributed by atoms with Gasteiger partial charge < -0.3 is 15.0 Å². The predicted octanol–water partition coefficient (Wildman–Crippen LogP) is 0.211. The monoisotopic (exact) mass is 240 g/mol. The molecule has 1 aromatic rings. The molecule has 1 atom stereocenters. The average molecular weight is 240 g/mol. The van der Waals surface area contributed by atoms with Gasteiger partial charge in [0.25, 0.3) is 0 Å². The third-order valence-corrected chi connectivity index (χ3v) is 2.65. The molecule has 5 nitrogen and oxygen atoms in total. The number of aliphatic hydroxyl groups is 1. The Morgan fingerprint density at radius 1 is 1.53 bits per heavy atom. The van der Waals surface area contributed by atoms with E-state index in [1.54, 1.807) is 6.20 Å². The highest BCUT2D eigenvalue weighted by molar-refractivity contribution is 4.91. The Morgan fingerprint density at radius 2 is 2.24 bits per heavy atom. The number of hydrogen-bond acceptors (Lipinski definition) is 4. The molecule has 98 valence electrons. The number of aromatic nitrogens is 2. The second-order valence-corrected chi connectivity index (χ2v) is 4.85. The van der Waals surface area contributed by atoms with Crippen LogP contribution in [-0.4, -0.2) is 51.8 Å². The van der Waals surface area contributed by atoms with Crippen molar-refractivity contribution < 1.29 is 5.11 Å². The van der Waals surface area contributed by atoms with Crippen LogP contribution in [0.2, 0.25) is 0 Å². The molecule has 1 unspecified atom stereocenters. The summed E-state index contributed by atoms with van der Waals surface area (Å²) in [5.74, 6) is 1.04. The van der Waals surface area contributed by atoms with Gasteiger partial charge in [0.15, 0.2) is 0 Å². The zero-order valence-corrected chi connectivity index (χ0v) is 11.2. The maximum Gasteiger partial charge on any atom is 0.122 e. The minimum atomic E-state index is 0.111. The van der Waals surface area contributed by atoms with E-state index in [-0.39, 0.29) is 12.6 Å². The van der Waals surface area contributed by atoms with Crippen molar-refractivity contribution in [3.63, 3.8) is 0 Å². The molecule has 0 spiro atoms. The van der Waals surface area contributed by atoms with Gasteiger partial charge in [-0.05, 0) is 7.05 Å². The molecule has 0 amide bonds. The van der Waals surface area contributed by atoms with Gasteiger partial charge in [-0.25, -0.2) is 4.98 Å². The Hall–Kier alpha value is -0.910. The van der Waals surface area contributed by atoms with Crippen molar-refractivity contribution >= 4 is 0 Å². The highest BCUT2D eigenvalue weighted by Crippen LogP contribution is 2.00. The molecular weight excluding hydrogens is 216 g/mol. The van der Waals surface area contributed by atoms with Crippen LogP contribution in [0.4, 0.5) is 0 Å². The van der Waals surface area contributed by atoms with Crippen molar-refractivity contribution in [1.29, 1.82) is 0 Å². The van der Waals surface area contributed by atoms with Crippen LogP contribution in [0.5, 0.6) is 0 Å². The molecule has 5 heteroatoms. The van der Waals surface area contributed by atoms with E-state index < -0.39 is 0 Å². The highest BCUT2D eigenvalue weighted by Gasteiger charge is 2.12. The molecule has 0 aliphatic carbocycles. The molecule has 0 aromatic carbocycles. The molecule has 1 rings (SSSR count). The van der Waals surface area contributed by atoms with Gasteiger partial charge >= 0.3 is 0 Å². The van der Waals surface area contributed by atoms with Gasteiger partial charge in [-0.2, -0.15) is 0 Å². The van der Waals surface area contributed by atoms with Crippen molar-refractivity contribution in [1.82, 2.24) is 19.8 Å². The summed E-state index contributed by atoms with van der Waals surface area (Å²) in [6, 6.07) is 0.494. The standard InChI is InChI=1S/C12H24N4O/c1-10(2)14-11(9-17)7-15(3)8-12-13-5-6-16(12)4/h5-6,10-11,14,17H,7-9H2,1-4H3. The van der Waals surface area contributed by atoms with Gasteiger partial charge in [-0.3, -0.25) is 4.90 Å². The molecular formula is C12H24N4O. The fourth-order valence-corrected chi connectivity index (χ4v) is 1.87. The van der Waals surface area contributed by atoms with Crippen molar-refractivity contribution in [2.24, 2.45) is 7.05 Å². The van der Waals surface area contributed by atoms with Gasteiger partial charge in [0.05, 0.1) is 13.2 Å². The van der Waals surface area contributed by atoms with Gasteiger partial charge in [0.1, 0.15) is 5.82 Å². The smallest absolute Gasteiger partial charge is 0.122 e. The Labute approximate surface area is 103 Å². The zero-order valence-electron chi connectivity index (χ0n) is 11.2. The second-order valence-electron chi connectivity index (χ2n) is 4.85. The highest BCUT2D eigenvalue weighted by atomic mass is 16.3. The van der Waals surface area contributed by atoms with Crippen LogP contribution in [0.15, 0.2) is 12.4 Å². The van der Waals surface area contributed by atoms with Gasteiger partial charge in [-0.1, -0.05) is 13.8 Å². The van der Waals surface area contributed by atoms with E-state index in [1.165, 1.54) is 0 Å². The SMILES string of the molecule is CC(C)NC(CO)CN(C)Cc1nccn1C. The van der Waals surface area contributed by atoms with Crippen LogP contribution >= 0.6 is 0 Å². The summed E-state index contributed by atoms with van der Waals surface area (Å²) in [7, 11) is 4.03. The summed E-state index contributed by atoms with van der Waals surface area (Å²) < 4.78 is 2.01. The van der Waals surface area contributed by atoms with E-state index in [4.69, 9.17) is 0 Å². The van der Waals surface area contributed by atoms with Crippen LogP contribution in [0.25, 0.3) is 0 Å².